The molecule has 0 spiro atoms. The Bertz CT molecular complexity index is 155. The van der Waals surface area contributed by atoms with E-state index in [2.05, 4.69) is 6.92 Å². The fraction of sp³-hybridized carbons (Fsp3) is 1.00. The third-order valence-corrected chi connectivity index (χ3v) is 4.49. The average Bonchev–Trinajstić information content (AvgIpc) is 1.85. The smallest absolute Gasteiger partial charge is 0.0326 e. The molecular weight excluding hydrogens is 120 g/mol. The van der Waals surface area contributed by atoms with Crippen molar-refractivity contribution in [3.8, 4) is 0 Å². The van der Waals surface area contributed by atoms with Crippen LogP contribution in [0.1, 0.15) is 32.6 Å². The lowest BCUT2D eigenvalue weighted by atomic mass is 9.42. The summed E-state index contributed by atoms with van der Waals surface area (Å²) in [6.07, 6.45) is 6.31. The molecule has 0 N–H and O–H groups in total. The normalized spacial score (nSPS) is 63.9. The zero-order valence-corrected chi connectivity index (χ0v) is 6.72. The lowest BCUT2D eigenvalue weighted by molar-refractivity contribution is -0.144. The maximum absolute atomic E-state index is 2.47. The van der Waals surface area contributed by atoms with Crippen LogP contribution in [-0.4, -0.2) is 0 Å². The van der Waals surface area contributed by atoms with E-state index >= 15 is 0 Å². The lowest BCUT2D eigenvalue weighted by Crippen LogP contribution is -2.56. The van der Waals surface area contributed by atoms with Crippen LogP contribution in [0.15, 0.2) is 0 Å². The van der Waals surface area contributed by atoms with E-state index in [9.17, 15) is 0 Å². The summed E-state index contributed by atoms with van der Waals surface area (Å²) in [4.78, 5) is 0. The monoisotopic (exact) mass is 136 g/mol. The molecule has 3 saturated carbocycles. The molecule has 0 aliphatic heterocycles. The van der Waals surface area contributed by atoms with Gasteiger partial charge in [0.25, 0.3) is 0 Å². The van der Waals surface area contributed by atoms with Gasteiger partial charge in [0.15, 0.2) is 0 Å². The van der Waals surface area contributed by atoms with Gasteiger partial charge in [-0.2, -0.15) is 0 Å². The van der Waals surface area contributed by atoms with E-state index in [0.717, 1.165) is 5.92 Å². The van der Waals surface area contributed by atoms with Gasteiger partial charge in [-0.3, -0.25) is 0 Å². The van der Waals surface area contributed by atoms with Crippen LogP contribution in [0.5, 0.6) is 0 Å². The molecule has 4 unspecified atom stereocenters. The van der Waals surface area contributed by atoms with Gasteiger partial charge in [-0.1, -0.05) is 13.3 Å². The van der Waals surface area contributed by atoms with Crippen molar-refractivity contribution in [2.75, 3.05) is 0 Å². The third kappa shape index (κ3) is 0.466. The summed E-state index contributed by atoms with van der Waals surface area (Å²) >= 11 is 0. The van der Waals surface area contributed by atoms with Crippen LogP contribution < -0.4 is 0 Å². The van der Waals surface area contributed by atoms with E-state index in [1.54, 1.807) is 25.7 Å². The maximum Gasteiger partial charge on any atom is -0.0326 e. The van der Waals surface area contributed by atoms with Gasteiger partial charge in [0.2, 0.25) is 0 Å². The molecule has 0 aromatic rings. The predicted molar refractivity (Wildman–Crippen MR) is 41.6 cm³/mol. The molecule has 5 atom stereocenters. The highest BCUT2D eigenvalue weighted by Gasteiger charge is 2.56. The largest absolute Gasteiger partial charge is 0.0622 e. The van der Waals surface area contributed by atoms with Gasteiger partial charge < -0.3 is 0 Å². The Morgan fingerprint density at radius 3 is 2.60 bits per heavy atom. The van der Waals surface area contributed by atoms with Gasteiger partial charge >= 0.3 is 0 Å². The first kappa shape index (κ1) is 5.62. The van der Waals surface area contributed by atoms with Crippen LogP contribution in [0.4, 0.5) is 0 Å². The fourth-order valence-corrected chi connectivity index (χ4v) is 3.77. The van der Waals surface area contributed by atoms with E-state index in [1.165, 1.54) is 23.7 Å². The molecule has 3 fully saturated rings. The Morgan fingerprint density at radius 2 is 1.90 bits per heavy atom. The first-order chi connectivity index (χ1) is 4.86. The predicted octanol–water partition coefficient (Wildman–Crippen LogP) is 2.69. The SMILES string of the molecule is CC1CCC2C[C@@H]3CC1C23. The molecular formula is C10H16. The topological polar surface area (TPSA) is 0 Å². The summed E-state index contributed by atoms with van der Waals surface area (Å²) in [5.41, 5.74) is 0. The molecule has 3 aliphatic carbocycles. The summed E-state index contributed by atoms with van der Waals surface area (Å²) in [6, 6.07) is 0. The van der Waals surface area contributed by atoms with Gasteiger partial charge in [0.1, 0.15) is 0 Å². The summed E-state index contributed by atoms with van der Waals surface area (Å²) < 4.78 is 0. The molecule has 0 aromatic heterocycles. The Labute approximate surface area is 63.0 Å². The van der Waals surface area contributed by atoms with Crippen molar-refractivity contribution in [2.45, 2.75) is 32.6 Å². The fourth-order valence-electron chi connectivity index (χ4n) is 3.77. The van der Waals surface area contributed by atoms with Gasteiger partial charge in [-0.05, 0) is 48.9 Å². The third-order valence-electron chi connectivity index (χ3n) is 4.49. The Morgan fingerprint density at radius 1 is 1.00 bits per heavy atom. The van der Waals surface area contributed by atoms with Gasteiger partial charge in [-0.15, -0.1) is 0 Å². The van der Waals surface area contributed by atoms with Crippen molar-refractivity contribution in [3.63, 3.8) is 0 Å². The standard InChI is InChI=1S/C10H16/c1-6-2-3-7-4-8-5-9(6)10(7)8/h6-10H,2-5H2,1H3/t6?,7?,8-,9?,10?/m1/s1. The second kappa shape index (κ2) is 1.60. The van der Waals surface area contributed by atoms with E-state index in [1.807, 2.05) is 0 Å². The molecule has 3 rings (SSSR count). The molecule has 56 valence electrons. The van der Waals surface area contributed by atoms with E-state index in [4.69, 9.17) is 0 Å². The van der Waals surface area contributed by atoms with Crippen molar-refractivity contribution in [3.05, 3.63) is 0 Å². The highest BCUT2D eigenvalue weighted by Crippen LogP contribution is 2.64. The van der Waals surface area contributed by atoms with Crippen molar-refractivity contribution >= 4 is 0 Å². The van der Waals surface area contributed by atoms with Crippen LogP contribution >= 0.6 is 0 Å². The van der Waals surface area contributed by atoms with Crippen LogP contribution in [0, 0.1) is 29.6 Å². The summed E-state index contributed by atoms with van der Waals surface area (Å²) in [5.74, 6) is 5.89. The number of hydrogen-bond donors (Lipinski definition) is 0. The van der Waals surface area contributed by atoms with Crippen LogP contribution in [0.2, 0.25) is 0 Å². The van der Waals surface area contributed by atoms with Gasteiger partial charge in [0, 0.05) is 0 Å². The van der Waals surface area contributed by atoms with Crippen molar-refractivity contribution in [1.82, 2.24) is 0 Å². The summed E-state index contributed by atoms with van der Waals surface area (Å²) in [7, 11) is 0. The van der Waals surface area contributed by atoms with Crippen molar-refractivity contribution < 1.29 is 0 Å². The first-order valence-corrected chi connectivity index (χ1v) is 4.86. The van der Waals surface area contributed by atoms with E-state index < -0.39 is 0 Å². The first-order valence-electron chi connectivity index (χ1n) is 4.86. The molecule has 0 saturated heterocycles. The molecule has 0 nitrogen and oxygen atoms in total. The highest BCUT2D eigenvalue weighted by molar-refractivity contribution is 5.05. The van der Waals surface area contributed by atoms with Crippen LogP contribution in [0.3, 0.4) is 0 Å². The Hall–Kier alpha value is 0. The zero-order chi connectivity index (χ0) is 6.72. The molecule has 0 radical (unpaired) electrons. The minimum atomic E-state index is 1.08. The Balaban J connectivity index is 1.83. The molecule has 3 aliphatic rings. The van der Waals surface area contributed by atoms with Crippen molar-refractivity contribution in [2.24, 2.45) is 29.6 Å². The molecule has 0 amide bonds. The summed E-state index contributed by atoms with van der Waals surface area (Å²) in [5, 5.41) is 0. The van der Waals surface area contributed by atoms with Crippen LogP contribution in [-0.2, 0) is 0 Å². The second-order valence-electron chi connectivity index (χ2n) is 4.79. The summed E-state index contributed by atoms with van der Waals surface area (Å²) in [6.45, 7) is 2.47. The molecule has 0 bridgehead atoms. The number of hydrogen-bond acceptors (Lipinski definition) is 0. The van der Waals surface area contributed by atoms with E-state index in [0.29, 0.717) is 0 Å². The minimum absolute atomic E-state index is 1.08. The van der Waals surface area contributed by atoms with E-state index in [-0.39, 0.29) is 0 Å². The molecule has 10 heavy (non-hydrogen) atoms. The quantitative estimate of drug-likeness (QED) is 0.480. The molecule has 0 heteroatoms. The number of rotatable bonds is 0. The van der Waals surface area contributed by atoms with Crippen molar-refractivity contribution in [1.29, 1.82) is 0 Å². The molecule has 0 aromatic carbocycles. The Kier molecular flexibility index (Phi) is 0.898. The minimum Gasteiger partial charge on any atom is -0.0622 e. The lowest BCUT2D eigenvalue weighted by Gasteiger charge is -2.63. The molecule has 0 heterocycles. The highest BCUT2D eigenvalue weighted by atomic mass is 14.6. The average molecular weight is 136 g/mol. The van der Waals surface area contributed by atoms with Gasteiger partial charge in [0.05, 0.1) is 0 Å². The van der Waals surface area contributed by atoms with Gasteiger partial charge in [-0.25, -0.2) is 0 Å². The second-order valence-corrected chi connectivity index (χ2v) is 4.79. The van der Waals surface area contributed by atoms with Crippen LogP contribution in [0.25, 0.3) is 0 Å². The zero-order valence-electron chi connectivity index (χ0n) is 6.72. The maximum atomic E-state index is 2.47.